The van der Waals surface area contributed by atoms with Crippen LogP contribution in [0.25, 0.3) is 0 Å². The number of carbonyl (C=O) groups is 1. The van der Waals surface area contributed by atoms with Crippen molar-refractivity contribution >= 4 is 27.4 Å². The first-order chi connectivity index (χ1) is 10.1. The smallest absolute Gasteiger partial charge is 0.273 e. The summed E-state index contributed by atoms with van der Waals surface area (Å²) in [5.74, 6) is -0.120. The molecule has 0 saturated carbocycles. The fourth-order valence-corrected chi connectivity index (χ4v) is 3.18. The lowest BCUT2D eigenvalue weighted by molar-refractivity contribution is -0.385. The zero-order valence-corrected chi connectivity index (χ0v) is 12.7. The summed E-state index contributed by atoms with van der Waals surface area (Å²) in [7, 11) is 0. The van der Waals surface area contributed by atoms with E-state index in [0.717, 1.165) is 11.1 Å². The van der Waals surface area contributed by atoms with Crippen LogP contribution >= 0.6 is 15.9 Å². The number of carbonyl (C=O) groups excluding carboxylic acids is 1. The predicted molar refractivity (Wildman–Crippen MR) is 82.5 cm³/mol. The van der Waals surface area contributed by atoms with Crippen molar-refractivity contribution in [2.75, 3.05) is 0 Å². The molecule has 0 fully saturated rings. The molecule has 2 aromatic rings. The van der Waals surface area contributed by atoms with E-state index in [-0.39, 0.29) is 17.4 Å². The number of nitro benzene ring substituents is 1. The summed E-state index contributed by atoms with van der Waals surface area (Å²) >= 11 is 3.24. The van der Waals surface area contributed by atoms with Gasteiger partial charge in [-0.3, -0.25) is 14.9 Å². The van der Waals surface area contributed by atoms with Crippen LogP contribution in [-0.4, -0.2) is 10.7 Å². The fraction of sp³-hybridized carbons (Fsp3) is 0.188. The van der Waals surface area contributed by atoms with Gasteiger partial charge >= 0.3 is 0 Å². The van der Waals surface area contributed by atoms with Gasteiger partial charge in [-0.25, -0.2) is 0 Å². The Morgan fingerprint density at radius 3 is 2.71 bits per heavy atom. The van der Waals surface area contributed by atoms with Crippen LogP contribution in [0.5, 0.6) is 0 Å². The van der Waals surface area contributed by atoms with Crippen molar-refractivity contribution in [3.05, 3.63) is 73.7 Å². The van der Waals surface area contributed by atoms with Gasteiger partial charge in [0.1, 0.15) is 0 Å². The molecule has 4 nitrogen and oxygen atoms in total. The summed E-state index contributed by atoms with van der Waals surface area (Å²) in [6, 6.07) is 12.5. The molecule has 3 rings (SSSR count). The lowest BCUT2D eigenvalue weighted by Crippen LogP contribution is -2.13. The van der Waals surface area contributed by atoms with Crippen LogP contribution in [0, 0.1) is 16.0 Å². The quantitative estimate of drug-likeness (QED) is 0.624. The molecule has 5 heteroatoms. The van der Waals surface area contributed by atoms with Gasteiger partial charge in [0.2, 0.25) is 0 Å². The van der Waals surface area contributed by atoms with E-state index >= 15 is 0 Å². The molecule has 0 bridgehead atoms. The maximum Gasteiger partial charge on any atom is 0.273 e. The molecule has 0 saturated heterocycles. The Balaban J connectivity index is 1.90. The first-order valence-electron chi connectivity index (χ1n) is 6.61. The molecule has 0 spiro atoms. The largest absolute Gasteiger partial charge is 0.294 e. The SMILES string of the molecule is O=C1c2ccccc2CC1Cc1ccc(Br)cc1[N+](=O)[O-]. The average Bonchev–Trinajstić information content (AvgIpc) is 2.78. The second-order valence-corrected chi connectivity index (χ2v) is 6.07. The molecule has 0 heterocycles. The monoisotopic (exact) mass is 345 g/mol. The lowest BCUT2D eigenvalue weighted by Gasteiger charge is -2.08. The number of nitrogens with zero attached hydrogens (tertiary/aromatic N) is 1. The minimum atomic E-state index is -0.396. The number of hydrogen-bond acceptors (Lipinski definition) is 3. The lowest BCUT2D eigenvalue weighted by atomic mass is 9.95. The van der Waals surface area contributed by atoms with Gasteiger partial charge in [0, 0.05) is 27.6 Å². The number of nitro groups is 1. The molecule has 21 heavy (non-hydrogen) atoms. The van der Waals surface area contributed by atoms with Gasteiger partial charge in [0.15, 0.2) is 5.78 Å². The number of fused-ring (bicyclic) bond motifs is 1. The molecule has 0 radical (unpaired) electrons. The van der Waals surface area contributed by atoms with Crippen LogP contribution in [0.4, 0.5) is 5.69 Å². The minimum absolute atomic E-state index is 0.0631. The van der Waals surface area contributed by atoms with Crippen LogP contribution in [0.15, 0.2) is 46.9 Å². The number of halogens is 1. The molecule has 0 N–H and O–H groups in total. The van der Waals surface area contributed by atoms with Gasteiger partial charge in [0.25, 0.3) is 5.69 Å². The van der Waals surface area contributed by atoms with Gasteiger partial charge in [-0.1, -0.05) is 46.3 Å². The third kappa shape index (κ3) is 2.61. The second kappa shape index (κ2) is 5.41. The highest BCUT2D eigenvalue weighted by Gasteiger charge is 2.31. The number of benzene rings is 2. The zero-order valence-electron chi connectivity index (χ0n) is 11.1. The van der Waals surface area contributed by atoms with Crippen LogP contribution in [0.1, 0.15) is 21.5 Å². The summed E-state index contributed by atoms with van der Waals surface area (Å²) < 4.78 is 0.666. The second-order valence-electron chi connectivity index (χ2n) is 5.16. The van der Waals surface area contributed by atoms with Gasteiger partial charge in [0.05, 0.1) is 4.92 Å². The molecule has 106 valence electrons. The third-order valence-electron chi connectivity index (χ3n) is 3.83. The van der Waals surface area contributed by atoms with Crippen molar-refractivity contribution in [3.8, 4) is 0 Å². The number of Topliss-reactive ketones (excluding diaryl/α,β-unsaturated/α-hetero) is 1. The number of hydrogen-bond donors (Lipinski definition) is 0. The zero-order chi connectivity index (χ0) is 15.0. The Hall–Kier alpha value is -2.01. The first kappa shape index (κ1) is 13.9. The highest BCUT2D eigenvalue weighted by atomic mass is 79.9. The summed E-state index contributed by atoms with van der Waals surface area (Å²) in [4.78, 5) is 23.1. The molecule has 0 aliphatic heterocycles. The minimum Gasteiger partial charge on any atom is -0.294 e. The van der Waals surface area contributed by atoms with Gasteiger partial charge < -0.3 is 0 Å². The average molecular weight is 346 g/mol. The Kier molecular flexibility index (Phi) is 3.59. The molecular formula is C16H12BrNO3. The van der Waals surface area contributed by atoms with E-state index in [1.54, 1.807) is 12.1 Å². The van der Waals surface area contributed by atoms with Gasteiger partial charge in [-0.05, 0) is 24.5 Å². The van der Waals surface area contributed by atoms with Crippen LogP contribution < -0.4 is 0 Å². The van der Waals surface area contributed by atoms with E-state index in [0.29, 0.717) is 22.9 Å². The van der Waals surface area contributed by atoms with E-state index in [2.05, 4.69) is 15.9 Å². The predicted octanol–water partition coefficient (Wildman–Crippen LogP) is 3.96. The van der Waals surface area contributed by atoms with Gasteiger partial charge in [-0.15, -0.1) is 0 Å². The Morgan fingerprint density at radius 2 is 2.00 bits per heavy atom. The van der Waals surface area contributed by atoms with Crippen molar-refractivity contribution in [3.63, 3.8) is 0 Å². The summed E-state index contributed by atoms with van der Waals surface area (Å²) in [6.07, 6.45) is 1.05. The summed E-state index contributed by atoms with van der Waals surface area (Å²) in [5.41, 5.74) is 2.46. The molecule has 0 amide bonds. The summed E-state index contributed by atoms with van der Waals surface area (Å²) in [5, 5.41) is 11.1. The van der Waals surface area contributed by atoms with Crippen molar-refractivity contribution in [1.29, 1.82) is 0 Å². The van der Waals surface area contributed by atoms with Crippen molar-refractivity contribution in [1.82, 2.24) is 0 Å². The molecule has 1 aliphatic carbocycles. The van der Waals surface area contributed by atoms with Crippen LogP contribution in [0.3, 0.4) is 0 Å². The fourth-order valence-electron chi connectivity index (χ4n) is 2.83. The van der Waals surface area contributed by atoms with E-state index in [1.165, 1.54) is 6.07 Å². The van der Waals surface area contributed by atoms with Crippen LogP contribution in [0.2, 0.25) is 0 Å². The van der Waals surface area contributed by atoms with Crippen molar-refractivity contribution < 1.29 is 9.72 Å². The first-order valence-corrected chi connectivity index (χ1v) is 7.40. The molecule has 1 unspecified atom stereocenters. The standard InChI is InChI=1S/C16H12BrNO3/c17-13-6-5-11(15(9-13)18(20)21)8-12-7-10-3-1-2-4-14(10)16(12)19/h1-6,9,12H,7-8H2. The third-order valence-corrected chi connectivity index (χ3v) is 4.32. The number of rotatable bonds is 3. The molecule has 1 atom stereocenters. The molecule has 0 aromatic heterocycles. The number of ketones is 1. The molecule has 1 aliphatic rings. The van der Waals surface area contributed by atoms with Crippen molar-refractivity contribution in [2.24, 2.45) is 5.92 Å². The highest BCUT2D eigenvalue weighted by molar-refractivity contribution is 9.10. The molecular weight excluding hydrogens is 334 g/mol. The maximum absolute atomic E-state index is 12.4. The van der Waals surface area contributed by atoms with Gasteiger partial charge in [-0.2, -0.15) is 0 Å². The Morgan fingerprint density at radius 1 is 1.24 bits per heavy atom. The molecule has 2 aromatic carbocycles. The normalized spacial score (nSPS) is 16.8. The van der Waals surface area contributed by atoms with E-state index < -0.39 is 4.92 Å². The summed E-state index contributed by atoms with van der Waals surface area (Å²) in [6.45, 7) is 0. The maximum atomic E-state index is 12.4. The van der Waals surface area contributed by atoms with E-state index in [9.17, 15) is 14.9 Å². The topological polar surface area (TPSA) is 60.2 Å². The van der Waals surface area contributed by atoms with Crippen LogP contribution in [-0.2, 0) is 12.8 Å². The van der Waals surface area contributed by atoms with E-state index in [1.807, 2.05) is 24.3 Å². The highest BCUT2D eigenvalue weighted by Crippen LogP contribution is 2.32. The Labute approximate surface area is 130 Å². The van der Waals surface area contributed by atoms with E-state index in [4.69, 9.17) is 0 Å². The Bertz CT molecular complexity index is 742. The van der Waals surface area contributed by atoms with Crippen molar-refractivity contribution in [2.45, 2.75) is 12.8 Å².